The molecule has 0 aliphatic rings. The minimum atomic E-state index is -0.0501. The van der Waals surface area contributed by atoms with E-state index < -0.39 is 0 Å². The molecule has 0 radical (unpaired) electrons. The maximum Gasteiger partial charge on any atom is 0.279 e. The molecule has 3 aromatic carbocycles. The number of nitrogens with one attached hydrogen (secondary N) is 1. The Morgan fingerprint density at radius 1 is 0.909 bits per heavy atom. The molecular weight excluding hydrogens is 276 g/mol. The average molecular weight is 290 g/mol. The molecule has 1 heterocycles. The van der Waals surface area contributed by atoms with Crippen LogP contribution in [0.15, 0.2) is 65.5 Å². The van der Waals surface area contributed by atoms with Crippen LogP contribution in [0.5, 0.6) is 5.75 Å². The van der Waals surface area contributed by atoms with Crippen molar-refractivity contribution in [1.82, 2.24) is 9.78 Å². The van der Waals surface area contributed by atoms with E-state index in [1.54, 1.807) is 11.8 Å². The number of nitrogens with zero attached hydrogens (tertiary/aromatic N) is 1. The number of aromatic nitrogens is 2. The second-order valence-corrected chi connectivity index (χ2v) is 5.16. The maximum atomic E-state index is 12.6. The molecule has 4 heteroatoms. The van der Waals surface area contributed by atoms with E-state index in [4.69, 9.17) is 4.74 Å². The lowest BCUT2D eigenvalue weighted by Gasteiger charge is -2.03. The van der Waals surface area contributed by atoms with Gasteiger partial charge in [0.1, 0.15) is 5.75 Å². The molecule has 0 atom stereocenters. The number of benzene rings is 3. The highest BCUT2D eigenvalue weighted by Crippen LogP contribution is 2.23. The monoisotopic (exact) mass is 290 g/mol. The van der Waals surface area contributed by atoms with Crippen LogP contribution >= 0.6 is 0 Å². The maximum absolute atomic E-state index is 12.6. The molecule has 4 aromatic rings. The molecule has 0 amide bonds. The SMILES string of the molecule is COc1ccc(-n2[nH]c3c(ccc4ccccc43)c2=O)cc1. The van der Waals surface area contributed by atoms with Crippen molar-refractivity contribution < 1.29 is 4.74 Å². The van der Waals surface area contributed by atoms with Crippen LogP contribution in [0.25, 0.3) is 27.4 Å². The van der Waals surface area contributed by atoms with Crippen molar-refractivity contribution in [2.24, 2.45) is 0 Å². The van der Waals surface area contributed by atoms with Gasteiger partial charge in [0.05, 0.1) is 23.7 Å². The van der Waals surface area contributed by atoms with Crippen LogP contribution in [0.2, 0.25) is 0 Å². The highest BCUT2D eigenvalue weighted by atomic mass is 16.5. The van der Waals surface area contributed by atoms with Gasteiger partial charge in [0, 0.05) is 5.39 Å². The fourth-order valence-corrected chi connectivity index (χ4v) is 2.77. The summed E-state index contributed by atoms with van der Waals surface area (Å²) in [5, 5.41) is 6.07. The molecule has 1 N–H and O–H groups in total. The highest BCUT2D eigenvalue weighted by Gasteiger charge is 2.10. The molecule has 0 unspecified atom stereocenters. The Labute approximate surface area is 126 Å². The molecule has 1 aromatic heterocycles. The topological polar surface area (TPSA) is 47.0 Å². The van der Waals surface area contributed by atoms with Gasteiger partial charge in [-0.3, -0.25) is 9.89 Å². The Kier molecular flexibility index (Phi) is 2.76. The van der Waals surface area contributed by atoms with E-state index in [1.807, 2.05) is 60.7 Å². The molecule has 0 aliphatic carbocycles. The number of H-pyrrole nitrogens is 1. The van der Waals surface area contributed by atoms with Crippen molar-refractivity contribution in [3.63, 3.8) is 0 Å². The number of fused-ring (bicyclic) bond motifs is 3. The van der Waals surface area contributed by atoms with Crippen LogP contribution < -0.4 is 10.3 Å². The summed E-state index contributed by atoms with van der Waals surface area (Å²) in [4.78, 5) is 12.6. The van der Waals surface area contributed by atoms with Gasteiger partial charge in [0.2, 0.25) is 0 Å². The van der Waals surface area contributed by atoms with Gasteiger partial charge in [-0.05, 0) is 35.7 Å². The first kappa shape index (κ1) is 12.7. The Morgan fingerprint density at radius 3 is 2.45 bits per heavy atom. The predicted molar refractivity (Wildman–Crippen MR) is 88.0 cm³/mol. The van der Waals surface area contributed by atoms with Gasteiger partial charge in [-0.2, -0.15) is 0 Å². The van der Waals surface area contributed by atoms with Gasteiger partial charge in [-0.15, -0.1) is 0 Å². The largest absolute Gasteiger partial charge is 0.497 e. The third-order valence-corrected chi connectivity index (χ3v) is 3.92. The van der Waals surface area contributed by atoms with Crippen LogP contribution in [-0.2, 0) is 0 Å². The molecule has 0 aliphatic heterocycles. The molecule has 22 heavy (non-hydrogen) atoms. The molecule has 4 nitrogen and oxygen atoms in total. The zero-order valence-electron chi connectivity index (χ0n) is 12.0. The summed E-state index contributed by atoms with van der Waals surface area (Å²) < 4.78 is 6.72. The van der Waals surface area contributed by atoms with Crippen molar-refractivity contribution in [3.05, 3.63) is 71.0 Å². The zero-order valence-corrected chi connectivity index (χ0v) is 12.0. The van der Waals surface area contributed by atoms with Gasteiger partial charge in [0.15, 0.2) is 0 Å². The Bertz CT molecular complexity index is 1030. The summed E-state index contributed by atoms with van der Waals surface area (Å²) in [6, 6.07) is 19.3. The molecule has 0 saturated heterocycles. The van der Waals surface area contributed by atoms with E-state index in [0.29, 0.717) is 5.39 Å². The number of ether oxygens (including phenoxy) is 1. The summed E-state index contributed by atoms with van der Waals surface area (Å²) in [5.41, 5.74) is 1.59. The number of hydrogen-bond donors (Lipinski definition) is 1. The summed E-state index contributed by atoms with van der Waals surface area (Å²) in [6.07, 6.45) is 0. The Hall–Kier alpha value is -3.01. The van der Waals surface area contributed by atoms with Gasteiger partial charge >= 0.3 is 0 Å². The van der Waals surface area contributed by atoms with E-state index >= 15 is 0 Å². The third-order valence-electron chi connectivity index (χ3n) is 3.92. The predicted octanol–water partition coefficient (Wildman–Crippen LogP) is 3.48. The molecule has 108 valence electrons. The van der Waals surface area contributed by atoms with Crippen molar-refractivity contribution in [2.75, 3.05) is 7.11 Å². The van der Waals surface area contributed by atoms with Crippen molar-refractivity contribution >= 4 is 21.7 Å². The molecule has 4 rings (SSSR count). The molecule has 0 spiro atoms. The summed E-state index contributed by atoms with van der Waals surface area (Å²) in [7, 11) is 1.62. The van der Waals surface area contributed by atoms with Gasteiger partial charge in [-0.25, -0.2) is 4.68 Å². The minimum absolute atomic E-state index is 0.0501. The lowest BCUT2D eigenvalue weighted by Crippen LogP contribution is -2.13. The van der Waals surface area contributed by atoms with Gasteiger partial charge < -0.3 is 4.74 Å². The van der Waals surface area contributed by atoms with Crippen LogP contribution in [-0.4, -0.2) is 16.9 Å². The fraction of sp³-hybridized carbons (Fsp3) is 0.0556. The van der Waals surface area contributed by atoms with Gasteiger partial charge in [-0.1, -0.05) is 30.3 Å². The third kappa shape index (κ3) is 1.81. The van der Waals surface area contributed by atoms with Crippen LogP contribution in [0.3, 0.4) is 0 Å². The fourth-order valence-electron chi connectivity index (χ4n) is 2.77. The van der Waals surface area contributed by atoms with Crippen LogP contribution in [0.4, 0.5) is 0 Å². The van der Waals surface area contributed by atoms with Crippen LogP contribution in [0, 0.1) is 0 Å². The van der Waals surface area contributed by atoms with E-state index in [2.05, 4.69) is 5.10 Å². The number of methoxy groups -OCH3 is 1. The number of rotatable bonds is 2. The second-order valence-electron chi connectivity index (χ2n) is 5.16. The van der Waals surface area contributed by atoms with E-state index in [-0.39, 0.29) is 5.56 Å². The summed E-state index contributed by atoms with van der Waals surface area (Å²) >= 11 is 0. The first-order valence-corrected chi connectivity index (χ1v) is 7.05. The smallest absolute Gasteiger partial charge is 0.279 e. The van der Waals surface area contributed by atoms with Crippen molar-refractivity contribution in [2.45, 2.75) is 0 Å². The molecule has 0 fully saturated rings. The van der Waals surface area contributed by atoms with E-state index in [0.717, 1.165) is 27.7 Å². The average Bonchev–Trinajstić information content (AvgIpc) is 2.92. The summed E-state index contributed by atoms with van der Waals surface area (Å²) in [5.74, 6) is 0.762. The normalized spacial score (nSPS) is 11.1. The highest BCUT2D eigenvalue weighted by molar-refractivity contribution is 6.04. The first-order chi connectivity index (χ1) is 10.8. The van der Waals surface area contributed by atoms with Crippen molar-refractivity contribution in [3.8, 4) is 11.4 Å². The Morgan fingerprint density at radius 2 is 1.68 bits per heavy atom. The quantitative estimate of drug-likeness (QED) is 0.614. The number of hydrogen-bond acceptors (Lipinski definition) is 2. The minimum Gasteiger partial charge on any atom is -0.497 e. The number of aromatic amines is 1. The lowest BCUT2D eigenvalue weighted by atomic mass is 10.1. The molecular formula is C18H14N2O2. The van der Waals surface area contributed by atoms with Crippen LogP contribution in [0.1, 0.15) is 0 Å². The molecule has 0 bridgehead atoms. The second kappa shape index (κ2) is 4.77. The lowest BCUT2D eigenvalue weighted by molar-refractivity contribution is 0.414. The van der Waals surface area contributed by atoms with E-state index in [9.17, 15) is 4.79 Å². The first-order valence-electron chi connectivity index (χ1n) is 7.05. The van der Waals surface area contributed by atoms with E-state index in [1.165, 1.54) is 0 Å². The van der Waals surface area contributed by atoms with Gasteiger partial charge in [0.25, 0.3) is 5.56 Å². The standard InChI is InChI=1S/C18H14N2O2/c1-22-14-9-7-13(8-10-14)20-18(21)16-11-6-12-4-2-3-5-15(12)17(16)19-20/h2-11,19H,1H3. The Balaban J connectivity index is 2.00. The summed E-state index contributed by atoms with van der Waals surface area (Å²) in [6.45, 7) is 0. The van der Waals surface area contributed by atoms with Crippen molar-refractivity contribution in [1.29, 1.82) is 0 Å². The zero-order chi connectivity index (χ0) is 15.1. The molecule has 0 saturated carbocycles.